The van der Waals surface area contributed by atoms with Gasteiger partial charge in [-0.25, -0.2) is 0 Å². The molecule has 2 nitrogen and oxygen atoms in total. The third-order valence-electron chi connectivity index (χ3n) is 2.77. The second-order valence-corrected chi connectivity index (χ2v) is 4.76. The lowest BCUT2D eigenvalue weighted by Crippen LogP contribution is -2.07. The number of hydrogen-bond acceptors (Lipinski definition) is 2. The maximum Gasteiger partial charge on any atom is 0.416 e. The molecule has 0 aliphatic rings. The van der Waals surface area contributed by atoms with Gasteiger partial charge in [-0.3, -0.25) is 0 Å². The quantitative estimate of drug-likeness (QED) is 0.906. The molecular formula is C15H12ClF3O2. The van der Waals surface area contributed by atoms with Crippen molar-refractivity contribution < 1.29 is 23.0 Å². The first kappa shape index (κ1) is 15.7. The lowest BCUT2D eigenvalue weighted by Gasteiger charge is -2.13. The van der Waals surface area contributed by atoms with Crippen LogP contribution in [0.25, 0.3) is 11.1 Å². The first-order valence-corrected chi connectivity index (χ1v) is 6.50. The second-order valence-electron chi connectivity index (χ2n) is 4.32. The Labute approximate surface area is 124 Å². The largest absolute Gasteiger partial charge is 0.491 e. The molecule has 0 saturated carbocycles. The maximum atomic E-state index is 12.9. The number of ether oxygens (including phenoxy) is 1. The lowest BCUT2D eigenvalue weighted by atomic mass is 10.0. The molecule has 0 heterocycles. The molecule has 0 radical (unpaired) electrons. The van der Waals surface area contributed by atoms with Crippen LogP contribution in [-0.2, 0) is 6.18 Å². The Kier molecular flexibility index (Phi) is 4.75. The van der Waals surface area contributed by atoms with E-state index in [-0.39, 0.29) is 19.0 Å². The number of halogens is 4. The molecule has 2 aromatic rings. The third-order valence-corrected chi connectivity index (χ3v) is 3.02. The molecule has 112 valence electrons. The number of rotatable bonds is 4. The van der Waals surface area contributed by atoms with Crippen molar-refractivity contribution in [2.75, 3.05) is 13.2 Å². The first-order chi connectivity index (χ1) is 9.90. The van der Waals surface area contributed by atoms with Crippen LogP contribution in [0.2, 0.25) is 5.02 Å². The average Bonchev–Trinajstić information content (AvgIpc) is 2.44. The van der Waals surface area contributed by atoms with E-state index in [9.17, 15) is 13.2 Å². The minimum absolute atomic E-state index is 0.0591. The Bertz CT molecular complexity index is 609. The van der Waals surface area contributed by atoms with Gasteiger partial charge in [0.15, 0.2) is 0 Å². The molecule has 0 saturated heterocycles. The van der Waals surface area contributed by atoms with Crippen molar-refractivity contribution in [1.29, 1.82) is 0 Å². The van der Waals surface area contributed by atoms with Crippen LogP contribution in [-0.4, -0.2) is 18.3 Å². The van der Waals surface area contributed by atoms with Gasteiger partial charge in [0, 0.05) is 5.02 Å². The maximum absolute atomic E-state index is 12.9. The van der Waals surface area contributed by atoms with E-state index >= 15 is 0 Å². The van der Waals surface area contributed by atoms with Gasteiger partial charge >= 0.3 is 6.18 Å². The van der Waals surface area contributed by atoms with E-state index in [1.165, 1.54) is 6.07 Å². The average molecular weight is 317 g/mol. The van der Waals surface area contributed by atoms with Crippen molar-refractivity contribution in [1.82, 2.24) is 0 Å². The van der Waals surface area contributed by atoms with Crippen molar-refractivity contribution in [2.24, 2.45) is 0 Å². The van der Waals surface area contributed by atoms with Crippen LogP contribution in [0.15, 0.2) is 42.5 Å². The van der Waals surface area contributed by atoms with Gasteiger partial charge in [0.1, 0.15) is 12.4 Å². The predicted octanol–water partition coefficient (Wildman–Crippen LogP) is 4.40. The molecule has 0 unspecified atom stereocenters. The summed E-state index contributed by atoms with van der Waals surface area (Å²) in [6.45, 7) is -0.339. The fourth-order valence-corrected chi connectivity index (χ4v) is 1.94. The molecule has 0 fully saturated rings. The molecule has 1 N–H and O–H groups in total. The smallest absolute Gasteiger partial charge is 0.416 e. The summed E-state index contributed by atoms with van der Waals surface area (Å²) in [6.07, 6.45) is -4.47. The molecule has 0 aliphatic heterocycles. The topological polar surface area (TPSA) is 29.5 Å². The predicted molar refractivity (Wildman–Crippen MR) is 74.5 cm³/mol. The van der Waals surface area contributed by atoms with Crippen LogP contribution in [0.5, 0.6) is 5.75 Å². The number of aliphatic hydroxyl groups excluding tert-OH is 1. The zero-order valence-corrected chi connectivity index (χ0v) is 11.6. The third kappa shape index (κ3) is 4.12. The lowest BCUT2D eigenvalue weighted by molar-refractivity contribution is -0.137. The summed E-state index contributed by atoms with van der Waals surface area (Å²) < 4.78 is 43.9. The highest BCUT2D eigenvalue weighted by atomic mass is 35.5. The highest BCUT2D eigenvalue weighted by molar-refractivity contribution is 6.30. The van der Waals surface area contributed by atoms with Crippen LogP contribution >= 0.6 is 11.6 Å². The van der Waals surface area contributed by atoms with E-state index < -0.39 is 11.7 Å². The van der Waals surface area contributed by atoms with Crippen LogP contribution < -0.4 is 4.74 Å². The molecule has 0 atom stereocenters. The highest BCUT2D eigenvalue weighted by Gasteiger charge is 2.31. The van der Waals surface area contributed by atoms with Crippen molar-refractivity contribution in [3.8, 4) is 16.9 Å². The van der Waals surface area contributed by atoms with Gasteiger partial charge in [-0.2, -0.15) is 13.2 Å². The number of hydrogen-bond donors (Lipinski definition) is 1. The fraction of sp³-hybridized carbons (Fsp3) is 0.200. The van der Waals surface area contributed by atoms with E-state index in [2.05, 4.69) is 0 Å². The molecule has 21 heavy (non-hydrogen) atoms. The van der Waals surface area contributed by atoms with Crippen molar-refractivity contribution >= 4 is 11.6 Å². The Hall–Kier alpha value is -1.72. The van der Waals surface area contributed by atoms with Crippen molar-refractivity contribution in [3.63, 3.8) is 0 Å². The molecule has 6 heteroatoms. The zero-order valence-electron chi connectivity index (χ0n) is 10.8. The molecular weight excluding hydrogens is 305 g/mol. The Morgan fingerprint density at radius 1 is 1.00 bits per heavy atom. The minimum Gasteiger partial charge on any atom is -0.491 e. The summed E-state index contributed by atoms with van der Waals surface area (Å²) in [5.74, 6) is 0.0591. The minimum atomic E-state index is -4.47. The van der Waals surface area contributed by atoms with Crippen LogP contribution in [0, 0.1) is 0 Å². The summed E-state index contributed by atoms with van der Waals surface area (Å²) in [7, 11) is 0. The van der Waals surface area contributed by atoms with E-state index in [4.69, 9.17) is 21.4 Å². The molecule has 0 aromatic heterocycles. The van der Waals surface area contributed by atoms with Gasteiger partial charge in [0.05, 0.1) is 12.2 Å². The number of aliphatic hydroxyl groups is 1. The van der Waals surface area contributed by atoms with Crippen LogP contribution in [0.1, 0.15) is 5.56 Å². The monoisotopic (exact) mass is 316 g/mol. The molecule has 0 spiro atoms. The van der Waals surface area contributed by atoms with Gasteiger partial charge in [-0.05, 0) is 41.5 Å². The second kappa shape index (κ2) is 6.37. The molecule has 0 aliphatic carbocycles. The first-order valence-electron chi connectivity index (χ1n) is 6.12. The summed E-state index contributed by atoms with van der Waals surface area (Å²) in [5, 5.41) is 9.21. The normalized spacial score (nSPS) is 11.5. The molecule has 0 amide bonds. The Morgan fingerprint density at radius 3 is 2.24 bits per heavy atom. The molecule has 0 bridgehead atoms. The van der Waals surface area contributed by atoms with Gasteiger partial charge in [0.2, 0.25) is 0 Å². The van der Waals surface area contributed by atoms with E-state index in [1.807, 2.05) is 0 Å². The van der Waals surface area contributed by atoms with Crippen molar-refractivity contribution in [2.45, 2.75) is 6.18 Å². The van der Waals surface area contributed by atoms with Gasteiger partial charge in [-0.1, -0.05) is 23.7 Å². The highest BCUT2D eigenvalue weighted by Crippen LogP contribution is 2.35. The Morgan fingerprint density at radius 2 is 1.67 bits per heavy atom. The van der Waals surface area contributed by atoms with Gasteiger partial charge in [-0.15, -0.1) is 0 Å². The zero-order chi connectivity index (χ0) is 15.5. The summed E-state index contributed by atoms with van der Waals surface area (Å²) in [5.41, 5.74) is 0.164. The van der Waals surface area contributed by atoms with Gasteiger partial charge < -0.3 is 9.84 Å². The van der Waals surface area contributed by atoms with Crippen molar-refractivity contribution in [3.05, 3.63) is 53.1 Å². The standard InChI is InChI=1S/C15H12ClF3O2/c16-13-3-1-10(2-4-13)11-7-12(15(17,18)19)9-14(8-11)21-6-5-20/h1-4,7-9,20H,5-6H2. The van der Waals surface area contributed by atoms with E-state index in [1.54, 1.807) is 24.3 Å². The molecule has 2 rings (SSSR count). The van der Waals surface area contributed by atoms with Gasteiger partial charge in [0.25, 0.3) is 0 Å². The number of alkyl halides is 3. The van der Waals surface area contributed by atoms with E-state index in [0.29, 0.717) is 16.1 Å². The SMILES string of the molecule is OCCOc1cc(-c2ccc(Cl)cc2)cc(C(F)(F)F)c1. The van der Waals surface area contributed by atoms with Crippen LogP contribution in [0.4, 0.5) is 13.2 Å². The Balaban J connectivity index is 2.46. The fourth-order valence-electron chi connectivity index (χ4n) is 1.82. The summed E-state index contributed by atoms with van der Waals surface area (Å²) in [6, 6.07) is 9.93. The summed E-state index contributed by atoms with van der Waals surface area (Å²) >= 11 is 5.77. The number of benzene rings is 2. The summed E-state index contributed by atoms with van der Waals surface area (Å²) in [4.78, 5) is 0. The van der Waals surface area contributed by atoms with Crippen LogP contribution in [0.3, 0.4) is 0 Å². The van der Waals surface area contributed by atoms with E-state index in [0.717, 1.165) is 12.1 Å². The molecule has 2 aromatic carbocycles.